The molecule has 1 aliphatic rings. The Morgan fingerprint density at radius 1 is 1.39 bits per heavy atom. The Morgan fingerprint density at radius 3 is 2.72 bits per heavy atom. The van der Waals surface area contributed by atoms with Crippen LogP contribution in [-0.2, 0) is 6.54 Å². The average Bonchev–Trinajstić information content (AvgIpc) is 2.33. The van der Waals surface area contributed by atoms with Gasteiger partial charge in [-0.2, -0.15) is 5.26 Å². The number of alkyl halides is 1. The van der Waals surface area contributed by atoms with E-state index < -0.39 is 0 Å². The van der Waals surface area contributed by atoms with Crippen molar-refractivity contribution >= 4 is 22.6 Å². The molecule has 1 saturated heterocycles. The summed E-state index contributed by atoms with van der Waals surface area (Å²) >= 11 is 2.43. The highest BCUT2D eigenvalue weighted by Crippen LogP contribution is 2.35. The van der Waals surface area contributed by atoms with E-state index in [9.17, 15) is 4.39 Å². The first-order valence-electron chi connectivity index (χ1n) is 6.14. The summed E-state index contributed by atoms with van der Waals surface area (Å²) in [4.78, 5) is 2.34. The fourth-order valence-corrected chi connectivity index (χ4v) is 2.98. The fraction of sp³-hybridized carbons (Fsp3) is 0.500. The van der Waals surface area contributed by atoms with Crippen molar-refractivity contribution in [3.05, 3.63) is 35.6 Å². The Hall–Kier alpha value is -0.670. The van der Waals surface area contributed by atoms with Crippen LogP contribution in [0.15, 0.2) is 24.3 Å². The molecular formula is C14H16FIN2. The smallest absolute Gasteiger partial charge is 0.123 e. The molecule has 0 unspecified atom stereocenters. The molecule has 96 valence electrons. The van der Waals surface area contributed by atoms with E-state index >= 15 is 0 Å². The van der Waals surface area contributed by atoms with Crippen LogP contribution in [0.5, 0.6) is 0 Å². The van der Waals surface area contributed by atoms with Gasteiger partial charge in [0.15, 0.2) is 0 Å². The van der Waals surface area contributed by atoms with Crippen LogP contribution in [0.1, 0.15) is 24.8 Å². The molecule has 0 atom stereocenters. The van der Waals surface area contributed by atoms with E-state index in [0.29, 0.717) is 6.42 Å². The average molecular weight is 358 g/mol. The maximum Gasteiger partial charge on any atom is 0.123 e. The zero-order valence-corrected chi connectivity index (χ0v) is 12.4. The van der Waals surface area contributed by atoms with Crippen molar-refractivity contribution in [3.63, 3.8) is 0 Å². The van der Waals surface area contributed by atoms with Crippen LogP contribution in [0.3, 0.4) is 0 Å². The first kappa shape index (κ1) is 13.8. The molecule has 0 N–H and O–H groups in total. The molecular weight excluding hydrogens is 342 g/mol. The normalized spacial score (nSPS) is 19.4. The Balaban J connectivity index is 1.89. The Kier molecular flexibility index (Phi) is 4.57. The Bertz CT molecular complexity index is 447. The maximum absolute atomic E-state index is 13.1. The third-order valence-electron chi connectivity index (χ3n) is 3.44. The number of piperidine rings is 1. The predicted molar refractivity (Wildman–Crippen MR) is 77.9 cm³/mol. The molecule has 1 fully saturated rings. The summed E-state index contributed by atoms with van der Waals surface area (Å²) in [6.07, 6.45) is 2.70. The van der Waals surface area contributed by atoms with Crippen LogP contribution < -0.4 is 0 Å². The quantitative estimate of drug-likeness (QED) is 0.611. The minimum absolute atomic E-state index is 0.144. The van der Waals surface area contributed by atoms with Crippen molar-refractivity contribution in [2.75, 3.05) is 13.1 Å². The molecule has 1 aromatic rings. The SMILES string of the molecule is N#CCC1(I)CCN(Cc2cccc(F)c2)CC1. The van der Waals surface area contributed by atoms with Gasteiger partial charge in [-0.1, -0.05) is 34.7 Å². The molecule has 0 aliphatic carbocycles. The molecule has 0 aromatic heterocycles. The highest BCUT2D eigenvalue weighted by atomic mass is 127. The van der Waals surface area contributed by atoms with Gasteiger partial charge in [-0.3, -0.25) is 4.90 Å². The van der Waals surface area contributed by atoms with Gasteiger partial charge in [0.05, 0.1) is 6.07 Å². The molecule has 0 saturated carbocycles. The van der Waals surface area contributed by atoms with Crippen molar-refractivity contribution in [2.24, 2.45) is 0 Å². The Morgan fingerprint density at radius 2 is 2.11 bits per heavy atom. The van der Waals surface area contributed by atoms with Crippen LogP contribution in [0, 0.1) is 17.1 Å². The van der Waals surface area contributed by atoms with Crippen molar-refractivity contribution in [3.8, 4) is 6.07 Å². The van der Waals surface area contributed by atoms with Crippen LogP contribution in [0.2, 0.25) is 0 Å². The van der Waals surface area contributed by atoms with Gasteiger partial charge in [0.25, 0.3) is 0 Å². The molecule has 2 rings (SSSR count). The standard InChI is InChI=1S/C14H16FIN2/c15-13-3-1-2-12(10-13)11-18-8-5-14(16,4-7-17)6-9-18/h1-3,10H,4-6,8-9,11H2. The maximum atomic E-state index is 13.1. The lowest BCUT2D eigenvalue weighted by Crippen LogP contribution is -2.40. The van der Waals surface area contributed by atoms with E-state index in [-0.39, 0.29) is 9.24 Å². The second-order valence-corrected chi connectivity index (χ2v) is 7.18. The van der Waals surface area contributed by atoms with Crippen LogP contribution in [-0.4, -0.2) is 21.4 Å². The van der Waals surface area contributed by atoms with Gasteiger partial charge in [-0.25, -0.2) is 4.39 Å². The molecule has 0 radical (unpaired) electrons. The number of nitrogens with zero attached hydrogens (tertiary/aromatic N) is 2. The van der Waals surface area contributed by atoms with Crippen LogP contribution in [0.25, 0.3) is 0 Å². The second kappa shape index (κ2) is 5.98. The second-order valence-electron chi connectivity index (χ2n) is 4.89. The Labute approximate surface area is 121 Å². The first-order valence-corrected chi connectivity index (χ1v) is 7.22. The van der Waals surface area contributed by atoms with Gasteiger partial charge >= 0.3 is 0 Å². The first-order chi connectivity index (χ1) is 8.61. The number of rotatable bonds is 3. The van der Waals surface area contributed by atoms with Crippen molar-refractivity contribution in [1.29, 1.82) is 5.26 Å². The summed E-state index contributed by atoms with van der Waals surface area (Å²) in [5.74, 6) is -0.169. The predicted octanol–water partition coefficient (Wildman–Crippen LogP) is 3.51. The zero-order valence-electron chi connectivity index (χ0n) is 10.2. The number of hydrogen-bond donors (Lipinski definition) is 0. The van der Waals surface area contributed by atoms with Crippen molar-refractivity contribution in [2.45, 2.75) is 29.2 Å². The summed E-state index contributed by atoms with van der Waals surface area (Å²) in [7, 11) is 0. The molecule has 0 amide bonds. The molecule has 1 aliphatic heterocycles. The summed E-state index contributed by atoms with van der Waals surface area (Å²) in [6.45, 7) is 2.78. The molecule has 0 bridgehead atoms. The number of likely N-dealkylation sites (tertiary alicyclic amines) is 1. The van der Waals surface area contributed by atoms with Gasteiger partial charge in [0.2, 0.25) is 0 Å². The summed E-state index contributed by atoms with van der Waals surface area (Å²) in [5.41, 5.74) is 1.02. The number of nitriles is 1. The van der Waals surface area contributed by atoms with E-state index in [1.165, 1.54) is 6.07 Å². The molecule has 4 heteroatoms. The van der Waals surface area contributed by atoms with E-state index in [2.05, 4.69) is 33.6 Å². The van der Waals surface area contributed by atoms with E-state index in [4.69, 9.17) is 5.26 Å². The van der Waals surface area contributed by atoms with Crippen molar-refractivity contribution in [1.82, 2.24) is 4.90 Å². The minimum atomic E-state index is -0.169. The summed E-state index contributed by atoms with van der Waals surface area (Å²) in [5, 5.41) is 8.81. The van der Waals surface area contributed by atoms with Crippen molar-refractivity contribution < 1.29 is 4.39 Å². The van der Waals surface area contributed by atoms with Gasteiger partial charge in [0, 0.05) is 16.4 Å². The highest BCUT2D eigenvalue weighted by molar-refractivity contribution is 14.1. The number of hydrogen-bond acceptors (Lipinski definition) is 2. The summed E-state index contributed by atoms with van der Waals surface area (Å²) < 4.78 is 13.2. The monoisotopic (exact) mass is 358 g/mol. The van der Waals surface area contributed by atoms with Crippen LogP contribution >= 0.6 is 22.6 Å². The molecule has 1 heterocycles. The van der Waals surface area contributed by atoms with Gasteiger partial charge < -0.3 is 0 Å². The zero-order chi connectivity index (χ0) is 13.0. The molecule has 18 heavy (non-hydrogen) atoms. The van der Waals surface area contributed by atoms with Crippen LogP contribution in [0.4, 0.5) is 4.39 Å². The van der Waals surface area contributed by atoms with E-state index in [0.717, 1.165) is 38.0 Å². The topological polar surface area (TPSA) is 27.0 Å². The number of benzene rings is 1. The third kappa shape index (κ3) is 3.66. The molecule has 1 aromatic carbocycles. The minimum Gasteiger partial charge on any atom is -0.299 e. The fourth-order valence-electron chi connectivity index (χ4n) is 2.32. The largest absolute Gasteiger partial charge is 0.299 e. The van der Waals surface area contributed by atoms with Gasteiger partial charge in [-0.15, -0.1) is 0 Å². The lowest BCUT2D eigenvalue weighted by atomic mass is 9.94. The van der Waals surface area contributed by atoms with E-state index in [1.807, 2.05) is 6.07 Å². The van der Waals surface area contributed by atoms with Gasteiger partial charge in [-0.05, 0) is 43.6 Å². The third-order valence-corrected chi connectivity index (χ3v) is 4.90. The van der Waals surface area contributed by atoms with Gasteiger partial charge in [0.1, 0.15) is 5.82 Å². The molecule has 0 spiro atoms. The number of halogens is 2. The van der Waals surface area contributed by atoms with E-state index in [1.54, 1.807) is 12.1 Å². The summed E-state index contributed by atoms with van der Waals surface area (Å²) in [6, 6.07) is 9.07. The lowest BCUT2D eigenvalue weighted by molar-refractivity contribution is 0.199. The lowest BCUT2D eigenvalue weighted by Gasteiger charge is -2.36. The highest BCUT2D eigenvalue weighted by Gasteiger charge is 2.31. The molecule has 2 nitrogen and oxygen atoms in total.